The van der Waals surface area contributed by atoms with E-state index in [2.05, 4.69) is 30.4 Å². The Morgan fingerprint density at radius 1 is 0.938 bits per heavy atom. The van der Waals surface area contributed by atoms with Crippen molar-refractivity contribution in [2.75, 3.05) is 11.9 Å². The first-order valence-corrected chi connectivity index (χ1v) is 11.4. The van der Waals surface area contributed by atoms with Crippen molar-refractivity contribution in [2.45, 2.75) is 31.7 Å². The molecule has 0 N–H and O–H groups in total. The minimum Gasteiger partial charge on any atom is -0.313 e. The maximum atomic E-state index is 13.2. The van der Waals surface area contributed by atoms with Gasteiger partial charge in [0.1, 0.15) is 6.04 Å². The normalized spacial score (nSPS) is 16.1. The Kier molecular flexibility index (Phi) is 7.18. The van der Waals surface area contributed by atoms with Crippen molar-refractivity contribution in [1.82, 2.24) is 0 Å². The molecule has 32 heavy (non-hydrogen) atoms. The molecule has 0 fully saturated rings. The van der Waals surface area contributed by atoms with Crippen molar-refractivity contribution in [3.8, 4) is 0 Å². The summed E-state index contributed by atoms with van der Waals surface area (Å²) in [6.07, 6.45) is 7.96. The summed E-state index contributed by atoms with van der Waals surface area (Å²) in [5, 5.41) is 0.748. The average molecular weight is 443 g/mol. The molecule has 3 aromatic rings. The van der Waals surface area contributed by atoms with E-state index in [1.54, 1.807) is 4.90 Å². The number of nitrogens with zero attached hydrogens (tertiary/aromatic N) is 2. The van der Waals surface area contributed by atoms with E-state index in [0.29, 0.717) is 0 Å². The lowest BCUT2D eigenvalue weighted by atomic mass is 10.0. The molecule has 0 aromatic heterocycles. The highest BCUT2D eigenvalue weighted by atomic mass is 35.5. The zero-order valence-electron chi connectivity index (χ0n) is 18.2. The van der Waals surface area contributed by atoms with E-state index < -0.39 is 0 Å². The summed E-state index contributed by atoms with van der Waals surface area (Å²) in [5.41, 5.74) is 4.99. The number of aliphatic imine (C=N–C) groups is 1. The second-order valence-electron chi connectivity index (χ2n) is 8.01. The third kappa shape index (κ3) is 5.17. The van der Waals surface area contributed by atoms with E-state index in [0.717, 1.165) is 58.8 Å². The summed E-state index contributed by atoms with van der Waals surface area (Å²) in [5.74, 6) is 0.0556. The molecule has 0 saturated carbocycles. The molecule has 0 aliphatic carbocycles. The molecule has 4 rings (SSSR count). The van der Waals surface area contributed by atoms with Crippen LogP contribution in [-0.2, 0) is 4.79 Å². The van der Waals surface area contributed by atoms with Gasteiger partial charge in [-0.1, -0.05) is 90.8 Å². The number of anilines is 1. The number of hydrogen-bond acceptors (Lipinski definition) is 2. The van der Waals surface area contributed by atoms with Crippen molar-refractivity contribution >= 4 is 35.0 Å². The van der Waals surface area contributed by atoms with Gasteiger partial charge >= 0.3 is 0 Å². The van der Waals surface area contributed by atoms with E-state index in [1.807, 2.05) is 67.7 Å². The van der Waals surface area contributed by atoms with Crippen LogP contribution in [0.3, 0.4) is 0 Å². The molecule has 162 valence electrons. The number of amides is 1. The summed E-state index contributed by atoms with van der Waals surface area (Å²) in [4.78, 5) is 20.0. The summed E-state index contributed by atoms with van der Waals surface area (Å²) in [6, 6.07) is 25.6. The second-order valence-corrected chi connectivity index (χ2v) is 8.45. The smallest absolute Gasteiger partial charge is 0.251 e. The lowest BCUT2D eigenvalue weighted by Gasteiger charge is -2.20. The van der Waals surface area contributed by atoms with Crippen LogP contribution in [0.4, 0.5) is 5.69 Å². The molecule has 1 unspecified atom stereocenters. The van der Waals surface area contributed by atoms with Gasteiger partial charge in [0.05, 0.1) is 11.4 Å². The van der Waals surface area contributed by atoms with Crippen molar-refractivity contribution in [1.29, 1.82) is 0 Å². The summed E-state index contributed by atoms with van der Waals surface area (Å²) in [6.45, 7) is 0. The zero-order chi connectivity index (χ0) is 22.3. The number of rotatable bonds is 7. The third-order valence-corrected chi connectivity index (χ3v) is 6.00. The molecular formula is C28H27ClN2O. The van der Waals surface area contributed by atoms with Gasteiger partial charge in [-0.25, -0.2) is 0 Å². The van der Waals surface area contributed by atoms with Gasteiger partial charge in [0.2, 0.25) is 0 Å². The molecule has 1 aliphatic heterocycles. The minimum atomic E-state index is -0.372. The number of benzodiazepines with no additional fused rings is 1. The Morgan fingerprint density at radius 3 is 2.44 bits per heavy atom. The SMILES string of the molecule is CN1C(=O)C(CCCC/C=C/c2ccc(Cl)cc2)N=C(c2ccccc2)c2ccccc21. The number of para-hydroxylation sites is 1. The first-order valence-electron chi connectivity index (χ1n) is 11.1. The summed E-state index contributed by atoms with van der Waals surface area (Å²) >= 11 is 5.94. The van der Waals surface area contributed by atoms with E-state index in [9.17, 15) is 4.79 Å². The van der Waals surface area contributed by atoms with Crippen LogP contribution in [0.2, 0.25) is 5.02 Å². The van der Waals surface area contributed by atoms with Gasteiger partial charge in [0, 0.05) is 23.2 Å². The number of allylic oxidation sites excluding steroid dienone is 1. The van der Waals surface area contributed by atoms with Gasteiger partial charge in [0.25, 0.3) is 5.91 Å². The van der Waals surface area contributed by atoms with Gasteiger partial charge in [-0.15, -0.1) is 0 Å². The predicted molar refractivity (Wildman–Crippen MR) is 135 cm³/mol. The van der Waals surface area contributed by atoms with Crippen molar-refractivity contribution in [3.05, 3.63) is 107 Å². The van der Waals surface area contributed by atoms with Gasteiger partial charge in [-0.3, -0.25) is 9.79 Å². The third-order valence-electron chi connectivity index (χ3n) is 5.75. The number of fused-ring (bicyclic) bond motifs is 1. The highest BCUT2D eigenvalue weighted by Crippen LogP contribution is 2.28. The van der Waals surface area contributed by atoms with E-state index >= 15 is 0 Å². The Bertz CT molecular complexity index is 1120. The van der Waals surface area contributed by atoms with Gasteiger partial charge in [0.15, 0.2) is 0 Å². The van der Waals surface area contributed by atoms with Gasteiger partial charge in [-0.2, -0.15) is 0 Å². The van der Waals surface area contributed by atoms with Crippen molar-refractivity contribution in [3.63, 3.8) is 0 Å². The quantitative estimate of drug-likeness (QED) is 0.370. The second kappa shape index (κ2) is 10.4. The molecular weight excluding hydrogens is 416 g/mol. The largest absolute Gasteiger partial charge is 0.313 e. The number of carbonyl (C=O) groups excluding carboxylic acids is 1. The number of halogens is 1. The Labute approximate surface area is 195 Å². The zero-order valence-corrected chi connectivity index (χ0v) is 19.0. The molecule has 0 radical (unpaired) electrons. The molecule has 1 heterocycles. The van der Waals surface area contributed by atoms with Crippen molar-refractivity contribution in [2.24, 2.45) is 4.99 Å². The van der Waals surface area contributed by atoms with Crippen LogP contribution in [0.5, 0.6) is 0 Å². The molecule has 0 bridgehead atoms. The monoisotopic (exact) mass is 442 g/mol. The van der Waals surface area contributed by atoms with Crippen molar-refractivity contribution < 1.29 is 4.79 Å². The van der Waals surface area contributed by atoms with E-state index in [1.165, 1.54) is 0 Å². The number of hydrogen-bond donors (Lipinski definition) is 0. The molecule has 3 aromatic carbocycles. The lowest BCUT2D eigenvalue weighted by molar-refractivity contribution is -0.119. The maximum absolute atomic E-state index is 13.2. The highest BCUT2D eigenvalue weighted by molar-refractivity contribution is 6.30. The van der Waals surface area contributed by atoms with Crippen LogP contribution >= 0.6 is 11.6 Å². The van der Waals surface area contributed by atoms with E-state index in [4.69, 9.17) is 16.6 Å². The van der Waals surface area contributed by atoms with Crippen LogP contribution < -0.4 is 4.90 Å². The number of unbranched alkanes of at least 4 members (excludes halogenated alkanes) is 2. The maximum Gasteiger partial charge on any atom is 0.251 e. The van der Waals surface area contributed by atoms with Crippen LogP contribution in [0.1, 0.15) is 42.4 Å². The van der Waals surface area contributed by atoms with Crippen LogP contribution in [-0.4, -0.2) is 24.7 Å². The fraction of sp³-hybridized carbons (Fsp3) is 0.214. The van der Waals surface area contributed by atoms with Gasteiger partial charge in [-0.05, 0) is 43.0 Å². The number of carbonyl (C=O) groups is 1. The summed E-state index contributed by atoms with van der Waals surface area (Å²) < 4.78 is 0. The molecule has 3 nitrogen and oxygen atoms in total. The number of likely N-dealkylation sites (N-methyl/N-ethyl adjacent to an activating group) is 1. The fourth-order valence-corrected chi connectivity index (χ4v) is 4.12. The average Bonchev–Trinajstić information content (AvgIpc) is 2.93. The fourth-order valence-electron chi connectivity index (χ4n) is 4.00. The molecule has 1 atom stereocenters. The first kappa shape index (κ1) is 22.0. The Balaban J connectivity index is 1.46. The molecule has 1 aliphatic rings. The lowest BCUT2D eigenvalue weighted by Crippen LogP contribution is -2.34. The number of benzene rings is 3. The standard InChI is InChI=1S/C28H27ClN2O/c1-31-26-16-10-9-14-24(26)27(22-12-6-4-7-13-22)30-25(28(31)32)15-8-3-2-5-11-21-17-19-23(29)20-18-21/h4-7,9-14,16-20,25H,2-3,8,15H2,1H3/b11-5+. The topological polar surface area (TPSA) is 32.7 Å². The first-order chi connectivity index (χ1) is 15.6. The molecule has 0 saturated heterocycles. The van der Waals surface area contributed by atoms with Gasteiger partial charge < -0.3 is 4.90 Å². The molecule has 4 heteroatoms. The molecule has 1 amide bonds. The van der Waals surface area contributed by atoms with Crippen LogP contribution in [0.25, 0.3) is 6.08 Å². The van der Waals surface area contributed by atoms with Crippen LogP contribution in [0.15, 0.2) is 89.9 Å². The Morgan fingerprint density at radius 2 is 1.66 bits per heavy atom. The predicted octanol–water partition coefficient (Wildman–Crippen LogP) is 6.80. The highest BCUT2D eigenvalue weighted by Gasteiger charge is 2.29. The molecule has 0 spiro atoms. The minimum absolute atomic E-state index is 0.0556. The van der Waals surface area contributed by atoms with Crippen LogP contribution in [0, 0.1) is 0 Å². The summed E-state index contributed by atoms with van der Waals surface area (Å²) in [7, 11) is 1.85. The Hall–Kier alpha value is -3.17. The van der Waals surface area contributed by atoms with E-state index in [-0.39, 0.29) is 11.9 Å².